The maximum atomic E-state index is 12.7. The molecule has 32 nitrogen and oxygen atoms in total. The van der Waals surface area contributed by atoms with E-state index in [9.17, 15) is 104 Å². The fourth-order valence-electron chi connectivity index (χ4n) is 11.5. The van der Waals surface area contributed by atoms with Gasteiger partial charge in [0.2, 0.25) is 0 Å². The van der Waals surface area contributed by atoms with Crippen LogP contribution in [0, 0.1) is 0 Å². The molecule has 0 unspecified atom stereocenters. The van der Waals surface area contributed by atoms with E-state index >= 15 is 0 Å². The summed E-state index contributed by atoms with van der Waals surface area (Å²) in [7, 11) is -39.5. The van der Waals surface area contributed by atoms with Crippen LogP contribution in [0.5, 0.6) is 0 Å². The van der Waals surface area contributed by atoms with E-state index in [0.29, 0.717) is 0 Å². The normalized spacial score (nSPS) is 13.9. The summed E-state index contributed by atoms with van der Waals surface area (Å²) < 4.78 is 284. The topological polar surface area (TPSA) is 544 Å². The molecule has 10 aromatic rings. The number of aromatic amines is 2. The van der Waals surface area contributed by atoms with Gasteiger partial charge in [0, 0.05) is 44.6 Å². The standard InChI is InChI=1S/C64H42N8O24S8/c73-97(74,75)41-17-1-33(2-18-41)49-50(34-3-19-42(20-4-34)98(76,77)78)58-65-57(49)69-59-51(35-5-21-43(22-6-35)99(79,80)81)52(36-7-23-44(24-8-36)100(82,83)84)61(66-59)71-63-55(39-13-29-47(30-14-39)103(91,92)93)56(40-15-31-48(32-16-40)104(94,95)96)64(68-63)72-62-54(38-11-27-46(28-12-38)102(88,89)90)53(60(67-62)70-58)37-9-25-45(26-10-37)101(85,86)87/h1-32H,(H,73,74,75)(H,76,77,78)(H,79,80,81)(H,82,83,84)(H,85,86,87)(H,88,89,90)(H,91,92,93)(H,94,95,96)(H2,65,66,67,68,69,70,71,72). The van der Waals surface area contributed by atoms with Crippen molar-refractivity contribution in [1.29, 1.82) is 0 Å². The van der Waals surface area contributed by atoms with E-state index in [1.165, 1.54) is 97.1 Å². The molecule has 3 aliphatic heterocycles. The van der Waals surface area contributed by atoms with Crippen molar-refractivity contribution in [2.24, 2.45) is 0 Å². The Morgan fingerprint density at radius 3 is 0.567 bits per heavy atom. The van der Waals surface area contributed by atoms with Crippen molar-refractivity contribution in [2.75, 3.05) is 0 Å². The number of hydrogen-bond acceptors (Lipinski definition) is 22. The SMILES string of the molecule is O=S(=O)(O)c1ccc(C2=C(c3ccc(S(=O)(=O)O)cc3)c3nc2nc2nc([nH]c4nc(nc5[nH]c(n3)c(-c3ccc(S(=O)(=O)O)cc3)c5-c3ccc(S(=O)(=O)O)cc3)C(c3ccc(S(=O)(=O)O)cc3)=C4c3ccc(S(=O)(=O)O)cc3)C(c3ccc(S(=O)(=O)O)cc3)=C2c2ccc(S(=O)(=O)O)cc2)cc1. The Morgan fingerprint density at radius 1 is 0.192 bits per heavy atom. The maximum Gasteiger partial charge on any atom is 0.294 e. The number of aromatic nitrogens is 8. The molecule has 2 aromatic heterocycles. The lowest BCUT2D eigenvalue weighted by molar-refractivity contribution is 0.481. The van der Waals surface area contributed by atoms with Crippen molar-refractivity contribution in [3.05, 3.63) is 262 Å². The van der Waals surface area contributed by atoms with Crippen LogP contribution in [0.4, 0.5) is 0 Å². The summed E-state index contributed by atoms with van der Waals surface area (Å²) in [6.07, 6.45) is 0. The summed E-state index contributed by atoms with van der Waals surface area (Å²) in [5.74, 6) is -2.40. The van der Waals surface area contributed by atoms with Gasteiger partial charge in [-0.2, -0.15) is 67.3 Å². The Bertz CT molecular complexity index is 6260. The highest BCUT2D eigenvalue weighted by atomic mass is 32.2. The first-order chi connectivity index (χ1) is 48.6. The zero-order valence-corrected chi connectivity index (χ0v) is 58.1. The zero-order chi connectivity index (χ0) is 74.8. The smallest absolute Gasteiger partial charge is 0.294 e. The lowest BCUT2D eigenvalue weighted by Crippen LogP contribution is -2.01. The molecule has 530 valence electrons. The third kappa shape index (κ3) is 14.2. The summed E-state index contributed by atoms with van der Waals surface area (Å²) in [5, 5.41) is 0. The molecule has 0 fully saturated rings. The highest BCUT2D eigenvalue weighted by Gasteiger charge is 2.34. The molecule has 8 bridgehead atoms. The van der Waals surface area contributed by atoms with E-state index in [4.69, 9.17) is 29.9 Å². The zero-order valence-electron chi connectivity index (χ0n) is 51.5. The van der Waals surface area contributed by atoms with Crippen LogP contribution in [0.3, 0.4) is 0 Å². The summed E-state index contributed by atoms with van der Waals surface area (Å²) in [6.45, 7) is 0. The molecular formula is C64H42N8O24S8. The first-order valence-corrected chi connectivity index (χ1v) is 40.5. The van der Waals surface area contributed by atoms with Crippen LogP contribution in [0.1, 0.15) is 68.3 Å². The molecule has 10 N–H and O–H groups in total. The molecule has 0 radical (unpaired) electrons. The summed E-state index contributed by atoms with van der Waals surface area (Å²) in [6, 6.07) is 35.1. The number of nitrogens with zero attached hydrogens (tertiary/aromatic N) is 6. The molecule has 0 saturated heterocycles. The number of H-pyrrole nitrogens is 2. The van der Waals surface area contributed by atoms with Crippen LogP contribution in [-0.4, -0.2) is 144 Å². The first-order valence-electron chi connectivity index (χ1n) is 29.0. The van der Waals surface area contributed by atoms with Gasteiger partial charge in [-0.05, 0) is 142 Å². The van der Waals surface area contributed by atoms with Crippen molar-refractivity contribution < 1.29 is 104 Å². The van der Waals surface area contributed by atoms with Gasteiger partial charge in [-0.3, -0.25) is 36.4 Å². The second kappa shape index (κ2) is 25.7. The summed E-state index contributed by atoms with van der Waals surface area (Å²) >= 11 is 0. The van der Waals surface area contributed by atoms with E-state index in [-0.39, 0.29) is 112 Å². The van der Waals surface area contributed by atoms with Crippen molar-refractivity contribution in [3.63, 3.8) is 0 Å². The lowest BCUT2D eigenvalue weighted by atomic mass is 9.94. The number of hydrogen-bond donors (Lipinski definition) is 10. The first kappa shape index (κ1) is 71.7. The fraction of sp³-hybridized carbons (Fsp3) is 0. The molecule has 0 spiro atoms. The highest BCUT2D eigenvalue weighted by molar-refractivity contribution is 7.87. The van der Waals surface area contributed by atoms with E-state index in [0.717, 1.165) is 97.1 Å². The third-order valence-corrected chi connectivity index (χ3v) is 23.1. The molecule has 8 aromatic carbocycles. The Labute approximate surface area is 589 Å². The van der Waals surface area contributed by atoms with Gasteiger partial charge >= 0.3 is 0 Å². The van der Waals surface area contributed by atoms with Crippen molar-refractivity contribution in [1.82, 2.24) is 39.9 Å². The third-order valence-electron chi connectivity index (χ3n) is 16.1. The van der Waals surface area contributed by atoms with Crippen LogP contribution in [-0.2, 0) is 80.9 Å². The van der Waals surface area contributed by atoms with E-state index < -0.39 is 143 Å². The van der Waals surface area contributed by atoms with Crippen molar-refractivity contribution in [2.45, 2.75) is 39.2 Å². The van der Waals surface area contributed by atoms with Gasteiger partial charge in [-0.15, -0.1) is 0 Å². The fourth-order valence-corrected chi connectivity index (χ4v) is 15.3. The molecule has 3 aliphatic rings. The van der Waals surface area contributed by atoms with Gasteiger partial charge in [-0.1, -0.05) is 97.1 Å². The van der Waals surface area contributed by atoms with Gasteiger partial charge in [0.1, 0.15) is 22.9 Å². The molecule has 0 saturated carbocycles. The summed E-state index contributed by atoms with van der Waals surface area (Å²) in [5.41, 5.74) is -1.60. The van der Waals surface area contributed by atoms with Gasteiger partial charge < -0.3 is 9.97 Å². The second-order valence-corrected chi connectivity index (χ2v) is 34.0. The highest BCUT2D eigenvalue weighted by Crippen LogP contribution is 2.46. The predicted octanol–water partition coefficient (Wildman–Crippen LogP) is 7.95. The van der Waals surface area contributed by atoms with Crippen LogP contribution in [0.25, 0.3) is 67.0 Å². The largest absolute Gasteiger partial charge is 0.324 e. The second-order valence-electron chi connectivity index (χ2n) is 22.6. The molecule has 5 heterocycles. The van der Waals surface area contributed by atoms with E-state index in [1.807, 2.05) is 0 Å². The van der Waals surface area contributed by atoms with Gasteiger partial charge in [0.25, 0.3) is 80.9 Å². The number of fused-ring (bicyclic) bond motifs is 8. The molecule has 0 aliphatic carbocycles. The quantitative estimate of drug-likeness (QED) is 0.0410. The minimum Gasteiger partial charge on any atom is -0.324 e. The van der Waals surface area contributed by atoms with Crippen LogP contribution in [0.15, 0.2) is 233 Å². The van der Waals surface area contributed by atoms with E-state index in [1.54, 1.807) is 0 Å². The van der Waals surface area contributed by atoms with Crippen LogP contribution in [0.2, 0.25) is 0 Å². The number of nitrogens with one attached hydrogen (secondary N) is 2. The van der Waals surface area contributed by atoms with Crippen molar-refractivity contribution in [3.8, 4) is 22.3 Å². The van der Waals surface area contributed by atoms with Gasteiger partial charge in [-0.25, -0.2) is 29.9 Å². The lowest BCUT2D eigenvalue weighted by Gasteiger charge is -2.12. The van der Waals surface area contributed by atoms with Crippen LogP contribution >= 0.6 is 0 Å². The predicted molar refractivity (Wildman–Crippen MR) is 367 cm³/mol. The number of benzene rings is 8. The van der Waals surface area contributed by atoms with Crippen LogP contribution < -0.4 is 0 Å². The Morgan fingerprint density at radius 2 is 0.356 bits per heavy atom. The Balaban J connectivity index is 1.30. The van der Waals surface area contributed by atoms with Gasteiger partial charge in [0.15, 0.2) is 23.3 Å². The Hall–Kier alpha value is -10.6. The monoisotopic (exact) mass is 1560 g/mol. The average Bonchev–Trinajstić information content (AvgIpc) is 1.58. The minimum atomic E-state index is -4.94. The summed E-state index contributed by atoms with van der Waals surface area (Å²) in [4.78, 5) is 31.6. The molecule has 13 rings (SSSR count). The van der Waals surface area contributed by atoms with Crippen molar-refractivity contribution >= 4 is 126 Å². The molecule has 0 atom stereocenters. The number of rotatable bonds is 16. The average molecular weight is 1560 g/mol. The van der Waals surface area contributed by atoms with Gasteiger partial charge in [0.05, 0.1) is 39.2 Å². The molecular weight excluding hydrogens is 1520 g/mol. The minimum absolute atomic E-state index is 0.00169. The Kier molecular flexibility index (Phi) is 17.7. The molecule has 40 heteroatoms. The maximum absolute atomic E-state index is 12.7. The van der Waals surface area contributed by atoms with E-state index in [2.05, 4.69) is 9.97 Å². The molecule has 104 heavy (non-hydrogen) atoms. The molecule has 0 amide bonds.